The fraction of sp³-hybridized carbons (Fsp3) is 0.474. The summed E-state index contributed by atoms with van der Waals surface area (Å²) in [6.07, 6.45) is 0.801. The monoisotopic (exact) mass is 504 g/mol. The Kier molecular flexibility index (Phi) is 10.5. The molecular weight excluding hydrogens is 475 g/mol. The normalized spacial score (nSPS) is 11.2. The van der Waals surface area contributed by atoms with E-state index in [0.717, 1.165) is 41.7 Å². The van der Waals surface area contributed by atoms with Crippen molar-refractivity contribution in [2.45, 2.75) is 39.7 Å². The van der Waals surface area contributed by atoms with Crippen LogP contribution in [0.15, 0.2) is 28.6 Å². The first kappa shape index (κ1) is 23.5. The molecule has 0 bridgehead atoms. The minimum absolute atomic E-state index is 0. The van der Waals surface area contributed by atoms with E-state index in [9.17, 15) is 5.11 Å². The van der Waals surface area contributed by atoms with Crippen LogP contribution in [0.1, 0.15) is 43.0 Å². The fourth-order valence-electron chi connectivity index (χ4n) is 2.35. The van der Waals surface area contributed by atoms with Gasteiger partial charge < -0.3 is 20.5 Å². The molecule has 3 N–H and O–H groups in total. The highest BCUT2D eigenvalue weighted by molar-refractivity contribution is 14.0. The van der Waals surface area contributed by atoms with Gasteiger partial charge in [-0.25, -0.2) is 9.98 Å². The zero-order valence-electron chi connectivity index (χ0n) is 16.3. The van der Waals surface area contributed by atoms with E-state index in [-0.39, 0.29) is 29.7 Å². The third kappa shape index (κ3) is 7.53. The number of hydrogen-bond donors (Lipinski definition) is 3. The second kappa shape index (κ2) is 12.0. The lowest BCUT2D eigenvalue weighted by atomic mass is 10.1. The van der Waals surface area contributed by atoms with Gasteiger partial charge in [0.25, 0.3) is 0 Å². The van der Waals surface area contributed by atoms with Gasteiger partial charge in [0, 0.05) is 18.5 Å². The van der Waals surface area contributed by atoms with Gasteiger partial charge in [-0.05, 0) is 37.0 Å². The summed E-state index contributed by atoms with van der Waals surface area (Å²) >= 11 is 1.65. The van der Waals surface area contributed by atoms with E-state index >= 15 is 0 Å². The van der Waals surface area contributed by atoms with Gasteiger partial charge in [0.1, 0.15) is 5.01 Å². The highest BCUT2D eigenvalue weighted by Gasteiger charge is 2.06. The van der Waals surface area contributed by atoms with Crippen LogP contribution in [0.25, 0.3) is 0 Å². The van der Waals surface area contributed by atoms with Crippen molar-refractivity contribution in [2.24, 2.45) is 4.99 Å². The predicted octanol–water partition coefficient (Wildman–Crippen LogP) is 3.90. The summed E-state index contributed by atoms with van der Waals surface area (Å²) < 4.78 is 5.15. The highest BCUT2D eigenvalue weighted by Crippen LogP contribution is 2.26. The van der Waals surface area contributed by atoms with Crippen LogP contribution in [0.3, 0.4) is 0 Å². The van der Waals surface area contributed by atoms with E-state index in [0.29, 0.717) is 18.2 Å². The van der Waals surface area contributed by atoms with E-state index in [1.54, 1.807) is 24.5 Å². The molecule has 0 aliphatic rings. The van der Waals surface area contributed by atoms with Crippen molar-refractivity contribution in [1.82, 2.24) is 15.6 Å². The number of halogens is 1. The average Bonchev–Trinajstić information content (AvgIpc) is 3.10. The number of aliphatic imine (C=N–C) groups is 1. The predicted molar refractivity (Wildman–Crippen MR) is 123 cm³/mol. The van der Waals surface area contributed by atoms with E-state index < -0.39 is 0 Å². The molecule has 1 aromatic carbocycles. The highest BCUT2D eigenvalue weighted by atomic mass is 127. The summed E-state index contributed by atoms with van der Waals surface area (Å²) in [4.78, 5) is 9.23. The van der Waals surface area contributed by atoms with Crippen LogP contribution in [0.5, 0.6) is 11.5 Å². The molecule has 150 valence electrons. The van der Waals surface area contributed by atoms with Gasteiger partial charge in [-0.3, -0.25) is 0 Å². The molecular formula is C19H29IN4O2S. The van der Waals surface area contributed by atoms with Gasteiger partial charge in [0.05, 0.1) is 19.3 Å². The second-order valence-corrected chi connectivity index (χ2v) is 7.14. The molecule has 0 radical (unpaired) electrons. The van der Waals surface area contributed by atoms with Crippen molar-refractivity contribution in [2.75, 3.05) is 20.2 Å². The number of guanidine groups is 1. The first-order valence-electron chi connectivity index (χ1n) is 8.85. The number of benzene rings is 1. The third-order valence-corrected chi connectivity index (χ3v) is 4.68. The molecule has 8 heteroatoms. The Morgan fingerprint density at radius 2 is 2.11 bits per heavy atom. The molecule has 6 nitrogen and oxygen atoms in total. The van der Waals surface area contributed by atoms with Gasteiger partial charge in [0.2, 0.25) is 0 Å². The number of phenols is 1. The topological polar surface area (TPSA) is 78.8 Å². The summed E-state index contributed by atoms with van der Waals surface area (Å²) in [6.45, 7) is 8.43. The van der Waals surface area contributed by atoms with Crippen LogP contribution in [-0.2, 0) is 13.0 Å². The Hall–Kier alpha value is -1.55. The largest absolute Gasteiger partial charge is 0.504 e. The number of aromatic nitrogens is 1. The maximum absolute atomic E-state index is 9.66. The molecule has 27 heavy (non-hydrogen) atoms. The van der Waals surface area contributed by atoms with Crippen LogP contribution >= 0.6 is 35.3 Å². The molecule has 2 aromatic rings. The number of hydrogen-bond acceptors (Lipinski definition) is 5. The number of methoxy groups -OCH3 is 1. The number of aromatic hydroxyl groups is 1. The number of thiazole rings is 1. The van der Waals surface area contributed by atoms with Crippen molar-refractivity contribution < 1.29 is 9.84 Å². The van der Waals surface area contributed by atoms with Gasteiger partial charge in [0.15, 0.2) is 17.5 Å². The summed E-state index contributed by atoms with van der Waals surface area (Å²) in [5.41, 5.74) is 2.21. The number of rotatable bonds is 8. The molecule has 2 rings (SSSR count). The van der Waals surface area contributed by atoms with Crippen LogP contribution in [-0.4, -0.2) is 36.2 Å². The smallest absolute Gasteiger partial charge is 0.191 e. The summed E-state index contributed by atoms with van der Waals surface area (Å²) in [6, 6.07) is 5.40. The molecule has 0 saturated carbocycles. The Morgan fingerprint density at radius 3 is 2.74 bits per heavy atom. The number of phenolic OH excluding ortho intramolecular Hbond substituents is 1. The molecule has 0 amide bonds. The first-order valence-corrected chi connectivity index (χ1v) is 9.73. The van der Waals surface area contributed by atoms with E-state index in [4.69, 9.17) is 4.74 Å². The minimum atomic E-state index is 0. The summed E-state index contributed by atoms with van der Waals surface area (Å²) in [5.74, 6) is 1.87. The van der Waals surface area contributed by atoms with Crippen molar-refractivity contribution >= 4 is 41.3 Å². The number of nitrogens with zero attached hydrogens (tertiary/aromatic N) is 2. The zero-order valence-corrected chi connectivity index (χ0v) is 19.4. The Morgan fingerprint density at radius 1 is 1.33 bits per heavy atom. The molecule has 0 unspecified atom stereocenters. The maximum Gasteiger partial charge on any atom is 0.191 e. The van der Waals surface area contributed by atoms with Crippen LogP contribution in [0.2, 0.25) is 0 Å². The summed E-state index contributed by atoms with van der Waals surface area (Å²) in [7, 11) is 1.55. The average molecular weight is 504 g/mol. The Bertz CT molecular complexity index is 734. The van der Waals surface area contributed by atoms with E-state index in [1.807, 2.05) is 19.1 Å². The molecule has 0 aliphatic heterocycles. The Balaban J connectivity index is 0.00000364. The van der Waals surface area contributed by atoms with Crippen LogP contribution in [0, 0.1) is 0 Å². The quantitative estimate of drug-likeness (QED) is 0.289. The molecule has 1 aromatic heterocycles. The molecule has 0 fully saturated rings. The lowest BCUT2D eigenvalue weighted by molar-refractivity contribution is 0.373. The fourth-order valence-corrected chi connectivity index (χ4v) is 3.23. The molecule has 0 aliphatic carbocycles. The van der Waals surface area contributed by atoms with Gasteiger partial charge >= 0.3 is 0 Å². The number of nitrogens with one attached hydrogen (secondary N) is 2. The standard InChI is InChI=1S/C19H28N4O2S.HI/c1-5-20-19(22-11-18-23-15(12-26-18)13(2)3)21-9-8-14-6-7-16(24)17(10-14)25-4;/h6-7,10,12-13,24H,5,8-9,11H2,1-4H3,(H2,20,21,22);1H. The maximum atomic E-state index is 9.66. The van der Waals surface area contributed by atoms with E-state index in [1.165, 1.54) is 0 Å². The van der Waals surface area contributed by atoms with Gasteiger partial charge in [-0.1, -0.05) is 19.9 Å². The molecule has 0 spiro atoms. The SMILES string of the molecule is CCNC(=NCc1nc(C(C)C)cs1)NCCc1ccc(O)c(OC)c1.I. The number of ether oxygens (including phenoxy) is 1. The van der Waals surface area contributed by atoms with Crippen LogP contribution < -0.4 is 15.4 Å². The lowest BCUT2D eigenvalue weighted by Crippen LogP contribution is -2.38. The van der Waals surface area contributed by atoms with E-state index in [2.05, 4.69) is 39.8 Å². The van der Waals surface area contributed by atoms with Gasteiger partial charge in [-0.15, -0.1) is 35.3 Å². The summed E-state index contributed by atoms with van der Waals surface area (Å²) in [5, 5.41) is 19.4. The van der Waals surface area contributed by atoms with Crippen molar-refractivity contribution in [1.29, 1.82) is 0 Å². The first-order chi connectivity index (χ1) is 12.5. The Labute approximate surface area is 182 Å². The zero-order chi connectivity index (χ0) is 18.9. The second-order valence-electron chi connectivity index (χ2n) is 6.20. The van der Waals surface area contributed by atoms with Crippen molar-refractivity contribution in [3.63, 3.8) is 0 Å². The molecule has 1 heterocycles. The van der Waals surface area contributed by atoms with Gasteiger partial charge in [-0.2, -0.15) is 0 Å². The molecule has 0 saturated heterocycles. The van der Waals surface area contributed by atoms with Crippen molar-refractivity contribution in [3.8, 4) is 11.5 Å². The third-order valence-electron chi connectivity index (χ3n) is 3.83. The van der Waals surface area contributed by atoms with Crippen LogP contribution in [0.4, 0.5) is 0 Å². The lowest BCUT2D eigenvalue weighted by Gasteiger charge is -2.11. The minimum Gasteiger partial charge on any atom is -0.504 e. The molecule has 0 atom stereocenters. The van der Waals surface area contributed by atoms with Crippen molar-refractivity contribution in [3.05, 3.63) is 39.8 Å².